The molecule has 0 aliphatic heterocycles. The zero-order valence-corrected chi connectivity index (χ0v) is 15.2. The summed E-state index contributed by atoms with van der Waals surface area (Å²) in [6.07, 6.45) is 2.86. The summed E-state index contributed by atoms with van der Waals surface area (Å²) >= 11 is 0. The maximum atomic E-state index is 13.0. The van der Waals surface area contributed by atoms with Gasteiger partial charge in [-0.1, -0.05) is 12.1 Å². The van der Waals surface area contributed by atoms with Gasteiger partial charge in [0.1, 0.15) is 17.7 Å². The van der Waals surface area contributed by atoms with E-state index in [9.17, 15) is 18.8 Å². The van der Waals surface area contributed by atoms with E-state index in [4.69, 9.17) is 5.11 Å². The molecule has 0 bridgehead atoms. The van der Waals surface area contributed by atoms with Gasteiger partial charge in [0, 0.05) is 25.7 Å². The van der Waals surface area contributed by atoms with Crippen LogP contribution in [0.5, 0.6) is 0 Å². The third-order valence-electron chi connectivity index (χ3n) is 4.14. The van der Waals surface area contributed by atoms with Crippen molar-refractivity contribution in [2.24, 2.45) is 0 Å². The molecule has 2 aromatic heterocycles. The van der Waals surface area contributed by atoms with Gasteiger partial charge in [-0.2, -0.15) is 0 Å². The van der Waals surface area contributed by atoms with E-state index in [0.29, 0.717) is 11.9 Å². The molecule has 0 saturated heterocycles. The number of carboxylic acid groups (broad SMARTS) is 1. The standard InChI is InChI=1S/C19H18FN5O4/c20-12-5-3-11(4-6-12)8-23-19(29)17-16-15(24-10-25-17)13(9-22-16)18(28)21-7-1-2-14(26)27/h3-6,9-10,22H,1-2,7-8H2,(H,21,28)(H,23,29)(H,26,27). The molecule has 0 aliphatic rings. The Morgan fingerprint density at radius 2 is 1.83 bits per heavy atom. The van der Waals surface area contributed by atoms with Crippen LogP contribution in [0.2, 0.25) is 0 Å². The van der Waals surface area contributed by atoms with Crippen LogP contribution in [-0.4, -0.2) is 44.4 Å². The molecular formula is C19H18FN5O4. The number of H-pyrrole nitrogens is 1. The summed E-state index contributed by atoms with van der Waals surface area (Å²) < 4.78 is 13.0. The molecule has 9 nitrogen and oxygen atoms in total. The van der Waals surface area contributed by atoms with Crippen LogP contribution in [0.15, 0.2) is 36.8 Å². The Balaban J connectivity index is 1.69. The van der Waals surface area contributed by atoms with Crippen LogP contribution >= 0.6 is 0 Å². The number of nitrogens with one attached hydrogen (secondary N) is 3. The van der Waals surface area contributed by atoms with Gasteiger partial charge in [0.05, 0.1) is 11.1 Å². The van der Waals surface area contributed by atoms with E-state index in [0.717, 1.165) is 5.56 Å². The number of aromatic amines is 1. The zero-order chi connectivity index (χ0) is 20.8. The number of hydrogen-bond donors (Lipinski definition) is 4. The van der Waals surface area contributed by atoms with Gasteiger partial charge in [-0.3, -0.25) is 14.4 Å². The second-order valence-electron chi connectivity index (χ2n) is 6.21. The molecule has 0 atom stereocenters. The van der Waals surface area contributed by atoms with Gasteiger partial charge in [0.2, 0.25) is 0 Å². The van der Waals surface area contributed by atoms with Crippen molar-refractivity contribution in [1.82, 2.24) is 25.6 Å². The molecule has 150 valence electrons. The number of aromatic nitrogens is 3. The van der Waals surface area contributed by atoms with Crippen molar-refractivity contribution in [3.8, 4) is 0 Å². The van der Waals surface area contributed by atoms with Crippen molar-refractivity contribution in [3.63, 3.8) is 0 Å². The Kier molecular flexibility index (Phi) is 6.12. The molecule has 10 heteroatoms. The molecule has 0 fully saturated rings. The third kappa shape index (κ3) is 4.92. The highest BCUT2D eigenvalue weighted by atomic mass is 19.1. The maximum absolute atomic E-state index is 13.0. The zero-order valence-electron chi connectivity index (χ0n) is 15.2. The number of amides is 2. The summed E-state index contributed by atoms with van der Waals surface area (Å²) in [5, 5.41) is 13.9. The summed E-state index contributed by atoms with van der Waals surface area (Å²) in [7, 11) is 0. The van der Waals surface area contributed by atoms with Crippen molar-refractivity contribution in [1.29, 1.82) is 0 Å². The lowest BCUT2D eigenvalue weighted by Gasteiger charge is -2.06. The number of hydrogen-bond acceptors (Lipinski definition) is 5. The van der Waals surface area contributed by atoms with Gasteiger partial charge >= 0.3 is 5.97 Å². The molecule has 0 spiro atoms. The molecule has 0 radical (unpaired) electrons. The molecule has 0 unspecified atom stereocenters. The average molecular weight is 399 g/mol. The van der Waals surface area contributed by atoms with Crippen molar-refractivity contribution in [2.45, 2.75) is 19.4 Å². The smallest absolute Gasteiger partial charge is 0.303 e. The fourth-order valence-electron chi connectivity index (χ4n) is 2.69. The van der Waals surface area contributed by atoms with Gasteiger partial charge in [-0.05, 0) is 24.1 Å². The number of rotatable bonds is 8. The largest absolute Gasteiger partial charge is 0.481 e. The SMILES string of the molecule is O=C(O)CCCNC(=O)c1c[nH]c2c(C(=O)NCc3ccc(F)cc3)ncnc12. The summed E-state index contributed by atoms with van der Waals surface area (Å²) in [6, 6.07) is 5.73. The van der Waals surface area contributed by atoms with Gasteiger partial charge in [0.25, 0.3) is 11.8 Å². The number of fused-ring (bicyclic) bond motifs is 1. The highest BCUT2D eigenvalue weighted by Crippen LogP contribution is 2.18. The minimum atomic E-state index is -0.935. The lowest BCUT2D eigenvalue weighted by molar-refractivity contribution is -0.137. The number of carboxylic acids is 1. The predicted octanol–water partition coefficient (Wildman–Crippen LogP) is 1.62. The molecule has 3 rings (SSSR count). The van der Waals surface area contributed by atoms with E-state index in [2.05, 4.69) is 25.6 Å². The van der Waals surface area contributed by atoms with Crippen molar-refractivity contribution >= 4 is 28.8 Å². The van der Waals surface area contributed by atoms with Crippen LogP contribution in [-0.2, 0) is 11.3 Å². The molecule has 1 aromatic carbocycles. The summed E-state index contributed by atoms with van der Waals surface area (Å²) in [5.41, 5.74) is 1.60. The second kappa shape index (κ2) is 8.91. The normalized spacial score (nSPS) is 10.7. The van der Waals surface area contributed by atoms with E-state index in [1.54, 1.807) is 12.1 Å². The van der Waals surface area contributed by atoms with Gasteiger partial charge in [-0.15, -0.1) is 0 Å². The molecular weight excluding hydrogens is 381 g/mol. The van der Waals surface area contributed by atoms with Crippen molar-refractivity contribution in [3.05, 3.63) is 59.4 Å². The minimum absolute atomic E-state index is 0.0469. The maximum Gasteiger partial charge on any atom is 0.303 e. The van der Waals surface area contributed by atoms with Crippen LogP contribution in [0.25, 0.3) is 11.0 Å². The second-order valence-corrected chi connectivity index (χ2v) is 6.21. The monoisotopic (exact) mass is 399 g/mol. The van der Waals surface area contributed by atoms with Crippen LogP contribution in [0, 0.1) is 5.82 Å². The van der Waals surface area contributed by atoms with Crippen LogP contribution in [0.3, 0.4) is 0 Å². The highest BCUT2D eigenvalue weighted by Gasteiger charge is 2.19. The van der Waals surface area contributed by atoms with Gasteiger partial charge < -0.3 is 20.7 Å². The molecule has 0 saturated carbocycles. The Hall–Kier alpha value is -3.82. The topological polar surface area (TPSA) is 137 Å². The number of halogens is 1. The fraction of sp³-hybridized carbons (Fsp3) is 0.211. The van der Waals surface area contributed by atoms with Gasteiger partial charge in [-0.25, -0.2) is 14.4 Å². The summed E-state index contributed by atoms with van der Waals surface area (Å²) in [4.78, 5) is 46.2. The van der Waals surface area contributed by atoms with Crippen LogP contribution in [0.1, 0.15) is 39.3 Å². The first kappa shape index (κ1) is 19.9. The first-order chi connectivity index (χ1) is 14.0. The fourth-order valence-corrected chi connectivity index (χ4v) is 2.69. The number of carbonyl (C=O) groups excluding carboxylic acids is 2. The number of nitrogens with zero attached hydrogens (tertiary/aromatic N) is 2. The Morgan fingerprint density at radius 3 is 2.55 bits per heavy atom. The minimum Gasteiger partial charge on any atom is -0.481 e. The average Bonchev–Trinajstić information content (AvgIpc) is 3.14. The first-order valence-electron chi connectivity index (χ1n) is 8.80. The van der Waals surface area contributed by atoms with Crippen LogP contribution in [0.4, 0.5) is 4.39 Å². The molecule has 2 heterocycles. The molecule has 2 amide bonds. The van der Waals surface area contributed by atoms with E-state index in [1.807, 2.05) is 0 Å². The molecule has 0 aliphatic carbocycles. The first-order valence-corrected chi connectivity index (χ1v) is 8.80. The Bertz CT molecular complexity index is 1050. The Labute approximate surface area is 164 Å². The van der Waals surface area contributed by atoms with E-state index < -0.39 is 17.8 Å². The molecule has 29 heavy (non-hydrogen) atoms. The van der Waals surface area contributed by atoms with E-state index >= 15 is 0 Å². The number of carbonyl (C=O) groups is 3. The van der Waals surface area contributed by atoms with E-state index in [1.165, 1.54) is 24.7 Å². The van der Waals surface area contributed by atoms with Gasteiger partial charge in [0.15, 0.2) is 5.69 Å². The predicted molar refractivity (Wildman–Crippen MR) is 101 cm³/mol. The number of benzene rings is 1. The van der Waals surface area contributed by atoms with Crippen molar-refractivity contribution in [2.75, 3.05) is 6.54 Å². The van der Waals surface area contributed by atoms with E-state index in [-0.39, 0.29) is 42.1 Å². The van der Waals surface area contributed by atoms with Crippen LogP contribution < -0.4 is 10.6 Å². The summed E-state index contributed by atoms with van der Waals surface area (Å²) in [5.74, 6) is -2.21. The third-order valence-corrected chi connectivity index (χ3v) is 4.14. The van der Waals surface area contributed by atoms with Crippen molar-refractivity contribution < 1.29 is 23.9 Å². The number of aliphatic carboxylic acids is 1. The molecule has 4 N–H and O–H groups in total. The lowest BCUT2D eigenvalue weighted by atomic mass is 10.2. The quantitative estimate of drug-likeness (QED) is 0.425. The molecule has 3 aromatic rings. The summed E-state index contributed by atoms with van der Waals surface area (Å²) in [6.45, 7) is 0.385. The highest BCUT2D eigenvalue weighted by molar-refractivity contribution is 6.10. The lowest BCUT2D eigenvalue weighted by Crippen LogP contribution is -2.25. The Morgan fingerprint density at radius 1 is 1.07 bits per heavy atom.